The van der Waals surface area contributed by atoms with Gasteiger partial charge in [0.1, 0.15) is 4.90 Å². The van der Waals surface area contributed by atoms with Crippen LogP contribution in [0.4, 0.5) is 27.5 Å². The molecule has 3 aromatic rings. The zero-order chi connectivity index (χ0) is 22.6. The SMILES string of the molecule is O=C(Nc1ccc([N+](=O)[O-])cc1NS(=O)(=O)c1cccnc1)Nc1cccc(Cl)c1Cl. The summed E-state index contributed by atoms with van der Waals surface area (Å²) < 4.78 is 27.5. The molecule has 13 heteroatoms. The number of carbonyl (C=O) groups excluding carboxylic acids is 1. The van der Waals surface area contributed by atoms with Crippen LogP contribution in [0.1, 0.15) is 0 Å². The first-order valence-electron chi connectivity index (χ1n) is 8.40. The monoisotopic (exact) mass is 481 g/mol. The highest BCUT2D eigenvalue weighted by Crippen LogP contribution is 2.31. The van der Waals surface area contributed by atoms with Gasteiger partial charge in [0.05, 0.1) is 32.0 Å². The van der Waals surface area contributed by atoms with Gasteiger partial charge in [-0.15, -0.1) is 0 Å². The average molecular weight is 482 g/mol. The number of rotatable bonds is 6. The predicted molar refractivity (Wildman–Crippen MR) is 117 cm³/mol. The Labute approximate surface area is 186 Å². The maximum atomic E-state index is 12.6. The second-order valence-corrected chi connectivity index (χ2v) is 8.43. The number of nitrogens with one attached hydrogen (secondary N) is 3. The van der Waals surface area contributed by atoms with Gasteiger partial charge in [-0.05, 0) is 30.3 Å². The molecule has 0 unspecified atom stereocenters. The highest BCUT2D eigenvalue weighted by Gasteiger charge is 2.20. The second-order valence-electron chi connectivity index (χ2n) is 5.96. The maximum absolute atomic E-state index is 12.6. The van der Waals surface area contributed by atoms with Gasteiger partial charge in [0.25, 0.3) is 15.7 Å². The number of hydrogen-bond donors (Lipinski definition) is 3. The number of amides is 2. The summed E-state index contributed by atoms with van der Waals surface area (Å²) in [5, 5.41) is 16.4. The van der Waals surface area contributed by atoms with Crippen molar-refractivity contribution in [1.29, 1.82) is 0 Å². The molecule has 0 fully saturated rings. The van der Waals surface area contributed by atoms with Crippen LogP contribution in [0.25, 0.3) is 0 Å². The van der Waals surface area contributed by atoms with Gasteiger partial charge in [0, 0.05) is 24.5 Å². The van der Waals surface area contributed by atoms with Gasteiger partial charge in [-0.25, -0.2) is 13.2 Å². The number of pyridine rings is 1. The molecule has 160 valence electrons. The number of anilines is 3. The van der Waals surface area contributed by atoms with E-state index in [4.69, 9.17) is 23.2 Å². The number of urea groups is 1. The van der Waals surface area contributed by atoms with E-state index in [1.807, 2.05) is 0 Å². The molecular weight excluding hydrogens is 469 g/mol. The zero-order valence-corrected chi connectivity index (χ0v) is 17.7. The summed E-state index contributed by atoms with van der Waals surface area (Å²) in [5.41, 5.74) is -0.419. The van der Waals surface area contributed by atoms with Gasteiger partial charge < -0.3 is 10.6 Å². The van der Waals surface area contributed by atoms with Crippen molar-refractivity contribution in [3.63, 3.8) is 0 Å². The van der Waals surface area contributed by atoms with Gasteiger partial charge in [-0.2, -0.15) is 0 Å². The lowest BCUT2D eigenvalue weighted by Gasteiger charge is -2.14. The topological polar surface area (TPSA) is 143 Å². The molecule has 0 aliphatic rings. The van der Waals surface area contributed by atoms with Crippen molar-refractivity contribution in [3.8, 4) is 0 Å². The van der Waals surface area contributed by atoms with Gasteiger partial charge in [-0.3, -0.25) is 19.8 Å². The van der Waals surface area contributed by atoms with Crippen LogP contribution in [-0.4, -0.2) is 24.4 Å². The predicted octanol–water partition coefficient (Wildman–Crippen LogP) is 4.74. The van der Waals surface area contributed by atoms with E-state index in [1.165, 1.54) is 36.5 Å². The molecule has 1 aromatic heterocycles. The molecule has 31 heavy (non-hydrogen) atoms. The molecule has 0 atom stereocenters. The van der Waals surface area contributed by atoms with Crippen LogP contribution in [0.3, 0.4) is 0 Å². The van der Waals surface area contributed by atoms with E-state index in [1.54, 1.807) is 6.07 Å². The number of halogens is 2. The highest BCUT2D eigenvalue weighted by molar-refractivity contribution is 7.92. The Hall–Kier alpha value is -3.41. The first kappa shape index (κ1) is 22.3. The summed E-state index contributed by atoms with van der Waals surface area (Å²) in [5.74, 6) is 0. The van der Waals surface area contributed by atoms with E-state index < -0.39 is 21.0 Å². The molecule has 10 nitrogen and oxygen atoms in total. The normalized spacial score (nSPS) is 10.9. The van der Waals surface area contributed by atoms with Crippen molar-refractivity contribution < 1.29 is 18.1 Å². The molecule has 1 heterocycles. The maximum Gasteiger partial charge on any atom is 0.323 e. The molecule has 0 aliphatic carbocycles. The van der Waals surface area contributed by atoms with Gasteiger partial charge in [0.2, 0.25) is 0 Å². The summed E-state index contributed by atoms with van der Waals surface area (Å²) in [6, 6.07) is 9.85. The molecule has 0 saturated heterocycles. The fourth-order valence-corrected chi connectivity index (χ4v) is 3.81. The molecule has 3 N–H and O–H groups in total. The Morgan fingerprint density at radius 2 is 1.74 bits per heavy atom. The summed E-state index contributed by atoms with van der Waals surface area (Å²) in [6.07, 6.45) is 2.51. The first-order chi connectivity index (χ1) is 14.7. The fraction of sp³-hybridized carbons (Fsp3) is 0. The van der Waals surface area contributed by atoms with Crippen LogP contribution < -0.4 is 15.4 Å². The third kappa shape index (κ3) is 5.40. The van der Waals surface area contributed by atoms with Crippen LogP contribution in [0, 0.1) is 10.1 Å². The largest absolute Gasteiger partial charge is 0.323 e. The van der Waals surface area contributed by atoms with Crippen LogP contribution in [-0.2, 0) is 10.0 Å². The smallest absolute Gasteiger partial charge is 0.306 e. The molecule has 3 rings (SSSR count). The third-order valence-corrected chi connectivity index (χ3v) is 6.02. The standard InChI is InChI=1S/C18H13Cl2N5O5S/c19-13-4-1-5-15(17(13)20)23-18(26)22-14-7-6-11(25(27)28)9-16(14)24-31(29,30)12-3-2-8-21-10-12/h1-10,24H,(H2,22,23,26). The number of aromatic nitrogens is 1. The van der Waals surface area contributed by atoms with E-state index in [9.17, 15) is 23.3 Å². The number of sulfonamides is 1. The second kappa shape index (κ2) is 9.16. The van der Waals surface area contributed by atoms with Crippen molar-refractivity contribution in [1.82, 2.24) is 4.98 Å². The third-order valence-electron chi connectivity index (χ3n) is 3.85. The molecule has 2 aromatic carbocycles. The number of non-ortho nitro benzene ring substituents is 1. The van der Waals surface area contributed by atoms with Crippen molar-refractivity contribution in [2.75, 3.05) is 15.4 Å². The zero-order valence-electron chi connectivity index (χ0n) is 15.4. The van der Waals surface area contributed by atoms with Crippen molar-refractivity contribution >= 4 is 62.0 Å². The Morgan fingerprint density at radius 3 is 2.42 bits per heavy atom. The lowest BCUT2D eigenvalue weighted by Crippen LogP contribution is -2.21. The minimum atomic E-state index is -4.13. The minimum absolute atomic E-state index is 0.0336. The van der Waals surface area contributed by atoms with E-state index >= 15 is 0 Å². The number of carbonyl (C=O) groups is 1. The Kier molecular flexibility index (Phi) is 6.59. The number of nitro groups is 1. The lowest BCUT2D eigenvalue weighted by atomic mass is 10.2. The Bertz CT molecular complexity index is 1260. The molecule has 2 amide bonds. The molecule has 0 saturated carbocycles. The van der Waals surface area contributed by atoms with Crippen LogP contribution in [0.2, 0.25) is 10.0 Å². The van der Waals surface area contributed by atoms with Gasteiger partial charge in [-0.1, -0.05) is 29.3 Å². The molecule has 0 spiro atoms. The Balaban J connectivity index is 1.90. The van der Waals surface area contributed by atoms with E-state index in [0.29, 0.717) is 0 Å². The molecule has 0 bridgehead atoms. The Morgan fingerprint density at radius 1 is 1.00 bits per heavy atom. The highest BCUT2D eigenvalue weighted by atomic mass is 35.5. The summed E-state index contributed by atoms with van der Waals surface area (Å²) in [7, 11) is -4.13. The summed E-state index contributed by atoms with van der Waals surface area (Å²) in [4.78, 5) is 26.4. The molecule has 0 radical (unpaired) electrons. The lowest BCUT2D eigenvalue weighted by molar-refractivity contribution is -0.384. The number of nitro benzene ring substituents is 1. The molecular formula is C18H13Cl2N5O5S. The van der Waals surface area contributed by atoms with Crippen molar-refractivity contribution in [2.24, 2.45) is 0 Å². The van der Waals surface area contributed by atoms with Crippen LogP contribution in [0.5, 0.6) is 0 Å². The number of hydrogen-bond acceptors (Lipinski definition) is 6. The van der Waals surface area contributed by atoms with E-state index in [0.717, 1.165) is 18.3 Å². The minimum Gasteiger partial charge on any atom is -0.306 e. The fourth-order valence-electron chi connectivity index (χ4n) is 2.43. The van der Waals surface area contributed by atoms with Crippen molar-refractivity contribution in [3.05, 3.63) is 81.1 Å². The van der Waals surface area contributed by atoms with Crippen molar-refractivity contribution in [2.45, 2.75) is 4.90 Å². The molecule has 0 aliphatic heterocycles. The quantitative estimate of drug-likeness (QED) is 0.342. The average Bonchev–Trinajstić information content (AvgIpc) is 2.73. The van der Waals surface area contributed by atoms with Gasteiger partial charge in [0.15, 0.2) is 0 Å². The van der Waals surface area contributed by atoms with Gasteiger partial charge >= 0.3 is 6.03 Å². The van der Waals surface area contributed by atoms with E-state index in [2.05, 4.69) is 20.3 Å². The van der Waals surface area contributed by atoms with Crippen LogP contribution >= 0.6 is 23.2 Å². The van der Waals surface area contributed by atoms with Crippen LogP contribution in [0.15, 0.2) is 65.8 Å². The number of benzene rings is 2. The van der Waals surface area contributed by atoms with E-state index in [-0.39, 0.29) is 37.7 Å². The number of nitrogens with zero attached hydrogens (tertiary/aromatic N) is 2. The summed E-state index contributed by atoms with van der Waals surface area (Å²) >= 11 is 11.9. The summed E-state index contributed by atoms with van der Waals surface area (Å²) in [6.45, 7) is 0. The first-order valence-corrected chi connectivity index (χ1v) is 10.6.